The van der Waals surface area contributed by atoms with Gasteiger partial charge in [0.05, 0.1) is 11.6 Å². The molecule has 0 amide bonds. The average molecular weight is 277 g/mol. The van der Waals surface area contributed by atoms with Crippen molar-refractivity contribution in [3.8, 4) is 11.6 Å². The van der Waals surface area contributed by atoms with Gasteiger partial charge in [0, 0.05) is 6.07 Å². The maximum atomic E-state index is 5.70. The second-order valence-electron chi connectivity index (χ2n) is 5.38. The predicted molar refractivity (Wildman–Crippen MR) is 76.8 cm³/mol. The Balaban J connectivity index is 2.18. The third kappa shape index (κ3) is 3.67. The first kappa shape index (κ1) is 13.8. The Bertz CT molecular complexity index is 547. The molecule has 1 heterocycles. The fraction of sp³-hybridized carbons (Fsp3) is 0.333. The van der Waals surface area contributed by atoms with Crippen molar-refractivity contribution in [2.45, 2.75) is 32.1 Å². The lowest BCUT2D eigenvalue weighted by Gasteiger charge is -2.19. The second kappa shape index (κ2) is 5.57. The van der Waals surface area contributed by atoms with Crippen molar-refractivity contribution in [2.24, 2.45) is 0 Å². The highest BCUT2D eigenvalue weighted by Crippen LogP contribution is 2.27. The molecule has 0 unspecified atom stereocenters. The lowest BCUT2D eigenvalue weighted by atomic mass is 9.87. The zero-order chi connectivity index (χ0) is 13.9. The maximum absolute atomic E-state index is 5.70. The van der Waals surface area contributed by atoms with E-state index in [1.807, 2.05) is 24.3 Å². The summed E-state index contributed by atoms with van der Waals surface area (Å²) in [7, 11) is 0. The number of aromatic nitrogens is 2. The summed E-state index contributed by atoms with van der Waals surface area (Å²) in [4.78, 5) is 0. The van der Waals surface area contributed by atoms with Crippen LogP contribution in [0, 0.1) is 0 Å². The first-order chi connectivity index (χ1) is 8.99. The van der Waals surface area contributed by atoms with Crippen LogP contribution in [0.3, 0.4) is 0 Å². The molecule has 0 aliphatic heterocycles. The minimum Gasteiger partial charge on any atom is -0.438 e. The molecule has 1 aromatic carbocycles. The fourth-order valence-electron chi connectivity index (χ4n) is 1.62. The van der Waals surface area contributed by atoms with Crippen molar-refractivity contribution in [3.63, 3.8) is 0 Å². The maximum Gasteiger partial charge on any atom is 0.238 e. The second-order valence-corrected chi connectivity index (χ2v) is 5.64. The molecule has 100 valence electrons. The first-order valence-electron chi connectivity index (χ1n) is 6.16. The van der Waals surface area contributed by atoms with Crippen molar-refractivity contribution in [1.29, 1.82) is 0 Å². The zero-order valence-electron chi connectivity index (χ0n) is 11.4. The van der Waals surface area contributed by atoms with Crippen LogP contribution in [-0.4, -0.2) is 10.2 Å². The lowest BCUT2D eigenvalue weighted by Crippen LogP contribution is -2.10. The quantitative estimate of drug-likeness (QED) is 0.784. The minimum absolute atomic E-state index is 0.0908. The van der Waals surface area contributed by atoms with E-state index in [0.29, 0.717) is 11.8 Å². The average Bonchev–Trinajstić information content (AvgIpc) is 2.39. The Hall–Kier alpha value is -1.61. The van der Waals surface area contributed by atoms with Crippen molar-refractivity contribution in [1.82, 2.24) is 10.2 Å². The van der Waals surface area contributed by atoms with Crippen LogP contribution >= 0.6 is 11.6 Å². The van der Waals surface area contributed by atoms with Crippen molar-refractivity contribution < 1.29 is 4.74 Å². The summed E-state index contributed by atoms with van der Waals surface area (Å²) in [5, 5.41) is 7.94. The number of hydrogen-bond donors (Lipinski definition) is 0. The summed E-state index contributed by atoms with van der Waals surface area (Å²) in [6, 6.07) is 11.6. The largest absolute Gasteiger partial charge is 0.438 e. The van der Waals surface area contributed by atoms with Gasteiger partial charge in [-0.25, -0.2) is 0 Å². The monoisotopic (exact) mass is 276 g/mol. The summed E-state index contributed by atoms with van der Waals surface area (Å²) >= 11 is 5.67. The summed E-state index contributed by atoms with van der Waals surface area (Å²) < 4.78 is 5.70. The topological polar surface area (TPSA) is 35.0 Å². The molecule has 0 radical (unpaired) electrons. The molecule has 0 aliphatic carbocycles. The van der Waals surface area contributed by atoms with E-state index in [4.69, 9.17) is 16.3 Å². The molecule has 2 rings (SSSR count). The van der Waals surface area contributed by atoms with Crippen LogP contribution in [0.4, 0.5) is 0 Å². The third-order valence-electron chi connectivity index (χ3n) is 2.75. The number of rotatable bonds is 3. The normalized spacial score (nSPS) is 11.4. The third-order valence-corrected chi connectivity index (χ3v) is 3.03. The Morgan fingerprint density at radius 2 is 1.89 bits per heavy atom. The summed E-state index contributed by atoms with van der Waals surface area (Å²) in [5.74, 6) is 1.59. The molecule has 0 atom stereocenters. The van der Waals surface area contributed by atoms with Crippen LogP contribution in [0.15, 0.2) is 36.4 Å². The summed E-state index contributed by atoms with van der Waals surface area (Å²) in [5.41, 5.74) is 2.04. The summed E-state index contributed by atoms with van der Waals surface area (Å²) in [6.07, 6.45) is 0. The SMILES string of the molecule is CC(C)(C)c1cccc(Oc2ccc(CCl)nn2)c1. The highest BCUT2D eigenvalue weighted by atomic mass is 35.5. The molecule has 0 aliphatic rings. The standard InChI is InChI=1S/C15H17ClN2O/c1-15(2,3)11-5-4-6-13(9-11)19-14-8-7-12(10-16)17-18-14/h4-9H,10H2,1-3H3. The van der Waals surface area contributed by atoms with E-state index >= 15 is 0 Å². The molecule has 1 aromatic heterocycles. The van der Waals surface area contributed by atoms with Crippen LogP contribution in [0.1, 0.15) is 32.0 Å². The Morgan fingerprint density at radius 3 is 2.47 bits per heavy atom. The molecule has 0 saturated heterocycles. The highest BCUT2D eigenvalue weighted by Gasteiger charge is 2.14. The number of ether oxygens (including phenoxy) is 1. The smallest absolute Gasteiger partial charge is 0.238 e. The fourth-order valence-corrected chi connectivity index (χ4v) is 1.76. The number of alkyl halides is 1. The van der Waals surface area contributed by atoms with E-state index in [2.05, 4.69) is 37.0 Å². The van der Waals surface area contributed by atoms with Gasteiger partial charge in [-0.1, -0.05) is 32.9 Å². The van der Waals surface area contributed by atoms with E-state index in [9.17, 15) is 0 Å². The van der Waals surface area contributed by atoms with Gasteiger partial charge in [-0.3, -0.25) is 0 Å². The van der Waals surface area contributed by atoms with E-state index in [-0.39, 0.29) is 5.41 Å². The van der Waals surface area contributed by atoms with Crippen molar-refractivity contribution >= 4 is 11.6 Å². The molecule has 0 fully saturated rings. The van der Waals surface area contributed by atoms with E-state index in [1.165, 1.54) is 5.56 Å². The van der Waals surface area contributed by atoms with Gasteiger partial charge in [0.1, 0.15) is 5.75 Å². The number of hydrogen-bond acceptors (Lipinski definition) is 3. The Kier molecular flexibility index (Phi) is 4.05. The molecule has 2 aromatic rings. The van der Waals surface area contributed by atoms with Gasteiger partial charge in [-0.2, -0.15) is 5.10 Å². The zero-order valence-corrected chi connectivity index (χ0v) is 12.1. The first-order valence-corrected chi connectivity index (χ1v) is 6.69. The molecule has 0 spiro atoms. The Morgan fingerprint density at radius 1 is 1.11 bits per heavy atom. The van der Waals surface area contributed by atoms with Gasteiger partial charge in [-0.15, -0.1) is 16.7 Å². The van der Waals surface area contributed by atoms with Gasteiger partial charge in [0.2, 0.25) is 5.88 Å². The molecule has 19 heavy (non-hydrogen) atoms. The van der Waals surface area contributed by atoms with Gasteiger partial charge >= 0.3 is 0 Å². The van der Waals surface area contributed by atoms with Gasteiger partial charge < -0.3 is 4.74 Å². The lowest BCUT2D eigenvalue weighted by molar-refractivity contribution is 0.451. The van der Waals surface area contributed by atoms with Crippen molar-refractivity contribution in [3.05, 3.63) is 47.7 Å². The van der Waals surface area contributed by atoms with Gasteiger partial charge in [-0.05, 0) is 29.2 Å². The number of benzene rings is 1. The van der Waals surface area contributed by atoms with E-state index in [0.717, 1.165) is 11.4 Å². The van der Waals surface area contributed by atoms with Crippen LogP contribution in [0.25, 0.3) is 0 Å². The number of nitrogens with zero attached hydrogens (tertiary/aromatic N) is 2. The van der Waals surface area contributed by atoms with Gasteiger partial charge in [0.15, 0.2) is 0 Å². The van der Waals surface area contributed by atoms with Crippen molar-refractivity contribution in [2.75, 3.05) is 0 Å². The van der Waals surface area contributed by atoms with Gasteiger partial charge in [0.25, 0.3) is 0 Å². The summed E-state index contributed by atoms with van der Waals surface area (Å²) in [6.45, 7) is 6.50. The molecular weight excluding hydrogens is 260 g/mol. The minimum atomic E-state index is 0.0908. The van der Waals surface area contributed by atoms with Crippen LogP contribution < -0.4 is 4.74 Å². The van der Waals surface area contributed by atoms with Crippen LogP contribution in [-0.2, 0) is 11.3 Å². The predicted octanol–water partition coefficient (Wildman–Crippen LogP) is 4.31. The molecular formula is C15H17ClN2O. The highest BCUT2D eigenvalue weighted by molar-refractivity contribution is 6.16. The van der Waals surface area contributed by atoms with Crippen LogP contribution in [0.2, 0.25) is 0 Å². The molecule has 0 bridgehead atoms. The number of halogens is 1. The van der Waals surface area contributed by atoms with Crippen LogP contribution in [0.5, 0.6) is 11.6 Å². The van der Waals surface area contributed by atoms with E-state index < -0.39 is 0 Å². The Labute approximate surface area is 118 Å². The molecule has 0 N–H and O–H groups in total. The van der Waals surface area contributed by atoms with E-state index in [1.54, 1.807) is 6.07 Å². The molecule has 4 heteroatoms. The molecule has 0 saturated carbocycles. The molecule has 3 nitrogen and oxygen atoms in total.